The number of amides is 1. The van der Waals surface area contributed by atoms with Crippen molar-refractivity contribution in [3.8, 4) is 0 Å². The first kappa shape index (κ1) is 12.9. The normalized spacial score (nSPS) is 11.9. The lowest BCUT2D eigenvalue weighted by Gasteiger charge is -1.93. The predicted octanol–water partition coefficient (Wildman–Crippen LogP) is 0.545. The molecule has 88 valence electrons. The van der Waals surface area contributed by atoms with Crippen LogP contribution in [0.2, 0.25) is 0 Å². The van der Waals surface area contributed by atoms with Gasteiger partial charge in [0.1, 0.15) is 4.21 Å². The van der Waals surface area contributed by atoms with Gasteiger partial charge in [-0.05, 0) is 18.2 Å². The number of nitrogens with one attached hydrogen (secondary N) is 1. The zero-order valence-electron chi connectivity index (χ0n) is 8.64. The van der Waals surface area contributed by atoms with E-state index in [1.54, 1.807) is 18.2 Å². The van der Waals surface area contributed by atoms with Crippen LogP contribution in [0, 0.1) is 0 Å². The molecule has 0 aliphatic heterocycles. The summed E-state index contributed by atoms with van der Waals surface area (Å²) in [5, 5.41) is 7.55. The van der Waals surface area contributed by atoms with Gasteiger partial charge in [0.15, 0.2) is 0 Å². The summed E-state index contributed by atoms with van der Waals surface area (Å²) in [6.45, 7) is 1.84. The maximum atomic E-state index is 11.0. The number of hydrogen-bond acceptors (Lipinski definition) is 4. The summed E-state index contributed by atoms with van der Waals surface area (Å²) < 4.78 is 22.1. The number of carbonyl (C=O) groups excluding carboxylic acids is 1. The number of primary sulfonamides is 1. The Bertz CT molecular complexity index is 503. The summed E-state index contributed by atoms with van der Waals surface area (Å²) in [7, 11) is -3.61. The van der Waals surface area contributed by atoms with Gasteiger partial charge in [0.2, 0.25) is 15.9 Å². The lowest BCUT2D eigenvalue weighted by atomic mass is 10.4. The van der Waals surface area contributed by atoms with Crippen molar-refractivity contribution in [2.45, 2.75) is 11.1 Å². The Morgan fingerprint density at radius 2 is 2.25 bits per heavy atom. The quantitative estimate of drug-likeness (QED) is 0.828. The molecular weight excluding hydrogens is 248 g/mol. The molecule has 1 aromatic heterocycles. The van der Waals surface area contributed by atoms with Gasteiger partial charge in [0.25, 0.3) is 0 Å². The highest BCUT2D eigenvalue weighted by molar-refractivity contribution is 7.91. The molecule has 3 N–H and O–H groups in total. The highest BCUT2D eigenvalue weighted by Crippen LogP contribution is 2.21. The van der Waals surface area contributed by atoms with Crippen molar-refractivity contribution in [2.75, 3.05) is 6.54 Å². The fourth-order valence-corrected chi connectivity index (χ4v) is 2.63. The minimum Gasteiger partial charge on any atom is -0.353 e. The van der Waals surface area contributed by atoms with Gasteiger partial charge in [-0.25, -0.2) is 13.6 Å². The molecular formula is C9H12N2O3S2. The molecule has 1 amide bonds. The van der Waals surface area contributed by atoms with Crippen LogP contribution in [-0.2, 0) is 14.8 Å². The molecule has 0 saturated heterocycles. The third-order valence-electron chi connectivity index (χ3n) is 1.63. The molecule has 1 rings (SSSR count). The van der Waals surface area contributed by atoms with Crippen molar-refractivity contribution in [2.24, 2.45) is 5.14 Å². The standard InChI is InChI=1S/C9H12N2O3S2/c1-7(12)11-6-2-3-8-4-5-9(15-8)16(10,13)14/h2-5H,6H2,1H3,(H,11,12)(H2,10,13,14). The van der Waals surface area contributed by atoms with E-state index in [2.05, 4.69) is 5.32 Å². The summed E-state index contributed by atoms with van der Waals surface area (Å²) in [6.07, 6.45) is 3.47. The number of sulfonamides is 1. The van der Waals surface area contributed by atoms with E-state index in [0.717, 1.165) is 16.2 Å². The Hall–Kier alpha value is -1.18. The number of nitrogens with two attached hydrogens (primary N) is 1. The monoisotopic (exact) mass is 260 g/mol. The van der Waals surface area contributed by atoms with Crippen molar-refractivity contribution < 1.29 is 13.2 Å². The van der Waals surface area contributed by atoms with Crippen LogP contribution >= 0.6 is 11.3 Å². The molecule has 0 bridgehead atoms. The van der Waals surface area contributed by atoms with Crippen LogP contribution in [0.4, 0.5) is 0 Å². The van der Waals surface area contributed by atoms with Gasteiger partial charge >= 0.3 is 0 Å². The summed E-state index contributed by atoms with van der Waals surface area (Å²) in [6, 6.07) is 3.12. The van der Waals surface area contributed by atoms with E-state index in [1.807, 2.05) is 0 Å². The van der Waals surface area contributed by atoms with Gasteiger partial charge in [-0.1, -0.05) is 6.08 Å². The molecule has 1 aromatic rings. The van der Waals surface area contributed by atoms with Gasteiger partial charge in [-0.15, -0.1) is 11.3 Å². The fourth-order valence-electron chi connectivity index (χ4n) is 0.955. The molecule has 0 saturated carbocycles. The first-order valence-corrected chi connectivity index (χ1v) is 6.79. The molecule has 7 heteroatoms. The van der Waals surface area contributed by atoms with Crippen LogP contribution in [0.15, 0.2) is 22.4 Å². The molecule has 0 aliphatic rings. The van der Waals surface area contributed by atoms with Crippen molar-refractivity contribution in [3.63, 3.8) is 0 Å². The van der Waals surface area contributed by atoms with E-state index in [1.165, 1.54) is 13.0 Å². The average Bonchev–Trinajstić information content (AvgIpc) is 2.59. The Kier molecular flexibility index (Phi) is 4.22. The number of thiophene rings is 1. The second kappa shape index (κ2) is 5.24. The van der Waals surface area contributed by atoms with E-state index in [-0.39, 0.29) is 10.1 Å². The highest BCUT2D eigenvalue weighted by atomic mass is 32.2. The zero-order chi connectivity index (χ0) is 12.2. The maximum Gasteiger partial charge on any atom is 0.247 e. The highest BCUT2D eigenvalue weighted by Gasteiger charge is 2.09. The summed E-state index contributed by atoms with van der Waals surface area (Å²) in [4.78, 5) is 11.3. The summed E-state index contributed by atoms with van der Waals surface area (Å²) >= 11 is 1.09. The van der Waals surface area contributed by atoms with Crippen LogP contribution < -0.4 is 10.5 Å². The van der Waals surface area contributed by atoms with Crippen molar-refractivity contribution in [1.29, 1.82) is 0 Å². The van der Waals surface area contributed by atoms with E-state index < -0.39 is 10.0 Å². The van der Waals surface area contributed by atoms with E-state index in [0.29, 0.717) is 6.54 Å². The van der Waals surface area contributed by atoms with E-state index >= 15 is 0 Å². The number of hydrogen-bond donors (Lipinski definition) is 2. The van der Waals surface area contributed by atoms with Gasteiger partial charge in [-0.2, -0.15) is 0 Å². The minimum absolute atomic E-state index is 0.110. The van der Waals surface area contributed by atoms with Crippen LogP contribution in [0.1, 0.15) is 11.8 Å². The Labute approximate surface area is 98.0 Å². The first-order chi connectivity index (χ1) is 7.39. The van der Waals surface area contributed by atoms with Crippen LogP contribution in [0.3, 0.4) is 0 Å². The maximum absolute atomic E-state index is 11.0. The lowest BCUT2D eigenvalue weighted by Crippen LogP contribution is -2.19. The molecule has 0 aromatic carbocycles. The first-order valence-electron chi connectivity index (χ1n) is 4.43. The van der Waals surface area contributed by atoms with Crippen LogP contribution in [-0.4, -0.2) is 20.9 Å². The third kappa shape index (κ3) is 4.13. The molecule has 0 spiro atoms. The van der Waals surface area contributed by atoms with Crippen molar-refractivity contribution >= 4 is 33.3 Å². The van der Waals surface area contributed by atoms with E-state index in [4.69, 9.17) is 5.14 Å². The Morgan fingerprint density at radius 1 is 1.56 bits per heavy atom. The van der Waals surface area contributed by atoms with Crippen LogP contribution in [0.5, 0.6) is 0 Å². The van der Waals surface area contributed by atoms with Crippen LogP contribution in [0.25, 0.3) is 6.08 Å². The fraction of sp³-hybridized carbons (Fsp3) is 0.222. The topological polar surface area (TPSA) is 89.3 Å². The largest absolute Gasteiger partial charge is 0.353 e. The SMILES string of the molecule is CC(=O)NCC=Cc1ccc(S(N)(=O)=O)s1. The van der Waals surface area contributed by atoms with Gasteiger partial charge < -0.3 is 5.32 Å². The second-order valence-corrected chi connectivity index (χ2v) is 5.94. The third-order valence-corrected chi connectivity index (χ3v) is 4.12. The number of rotatable bonds is 4. The van der Waals surface area contributed by atoms with Crippen molar-refractivity contribution in [1.82, 2.24) is 5.32 Å². The second-order valence-electron chi connectivity index (χ2n) is 3.04. The van der Waals surface area contributed by atoms with E-state index in [9.17, 15) is 13.2 Å². The van der Waals surface area contributed by atoms with Gasteiger partial charge in [-0.3, -0.25) is 4.79 Å². The lowest BCUT2D eigenvalue weighted by molar-refractivity contribution is -0.118. The minimum atomic E-state index is -3.61. The molecule has 1 heterocycles. The molecule has 16 heavy (non-hydrogen) atoms. The van der Waals surface area contributed by atoms with Crippen molar-refractivity contribution in [3.05, 3.63) is 23.1 Å². The predicted molar refractivity (Wildman–Crippen MR) is 63.4 cm³/mol. The average molecular weight is 260 g/mol. The molecule has 0 aliphatic carbocycles. The van der Waals surface area contributed by atoms with Gasteiger partial charge in [0.05, 0.1) is 0 Å². The zero-order valence-corrected chi connectivity index (χ0v) is 10.3. The summed E-state index contributed by atoms with van der Waals surface area (Å²) in [5.41, 5.74) is 0. The van der Waals surface area contributed by atoms with Gasteiger partial charge in [0, 0.05) is 18.3 Å². The molecule has 0 unspecified atom stereocenters. The number of carbonyl (C=O) groups is 1. The summed E-state index contributed by atoms with van der Waals surface area (Å²) in [5.74, 6) is -0.110. The molecule has 5 nitrogen and oxygen atoms in total. The smallest absolute Gasteiger partial charge is 0.247 e. The Balaban J connectivity index is 2.63. The molecule has 0 fully saturated rings. The molecule has 0 atom stereocenters. The molecule has 0 radical (unpaired) electrons. The Morgan fingerprint density at radius 3 is 2.75 bits per heavy atom.